The molecule has 0 saturated heterocycles. The zero-order valence-corrected chi connectivity index (χ0v) is 26.5. The van der Waals surface area contributed by atoms with Crippen LogP contribution in [-0.4, -0.2) is 39.5 Å². The lowest BCUT2D eigenvalue weighted by atomic mass is 10.1. The third-order valence-electron chi connectivity index (χ3n) is 7.10. The number of anilines is 1. The predicted octanol–water partition coefficient (Wildman–Crippen LogP) is 6.59. The van der Waals surface area contributed by atoms with Crippen LogP contribution >= 0.6 is 0 Å². The number of benzene rings is 5. The van der Waals surface area contributed by atoms with Gasteiger partial charge in [0.15, 0.2) is 0 Å². The van der Waals surface area contributed by atoms with Gasteiger partial charge in [-0.1, -0.05) is 91.0 Å². The Kier molecular flexibility index (Phi) is 11.3. The van der Waals surface area contributed by atoms with Gasteiger partial charge in [0.1, 0.15) is 37.1 Å². The molecule has 5 aromatic carbocycles. The molecular formula is C37H38N2O6S. The standard InChI is InChI=1S/C37H38N2O6S/c1-46(41,42)39-35-24-32(16-21-37(35)45-27-29-10-6-3-7-11-29)36(40)25-38-22-23-43-33-17-12-30(13-18-33)31-14-19-34(20-15-31)44-26-28-8-4-2-5-9-28/h2-21,24,36,38-40H,22-23,25-27H2,1H3/t36-/m0/s1. The summed E-state index contributed by atoms with van der Waals surface area (Å²) in [7, 11) is -3.56. The van der Waals surface area contributed by atoms with E-state index in [0.29, 0.717) is 31.1 Å². The molecule has 0 radical (unpaired) electrons. The van der Waals surface area contributed by atoms with Gasteiger partial charge in [-0.3, -0.25) is 4.72 Å². The Labute approximate surface area is 270 Å². The van der Waals surface area contributed by atoms with Crippen molar-refractivity contribution < 1.29 is 27.7 Å². The first-order valence-corrected chi connectivity index (χ1v) is 16.9. The molecule has 0 aliphatic carbocycles. The fraction of sp³-hybridized carbons (Fsp3) is 0.189. The molecule has 0 spiro atoms. The number of aliphatic hydroxyl groups excluding tert-OH is 1. The third-order valence-corrected chi connectivity index (χ3v) is 7.69. The molecule has 0 aromatic heterocycles. The molecule has 0 amide bonds. The summed E-state index contributed by atoms with van der Waals surface area (Å²) >= 11 is 0. The van der Waals surface area contributed by atoms with Crippen LogP contribution in [0.25, 0.3) is 11.1 Å². The van der Waals surface area contributed by atoms with Crippen LogP contribution in [0.2, 0.25) is 0 Å². The quantitative estimate of drug-likeness (QED) is 0.105. The third kappa shape index (κ3) is 10.1. The first kappa shape index (κ1) is 32.6. The normalized spacial score (nSPS) is 11.9. The summed E-state index contributed by atoms with van der Waals surface area (Å²) < 4.78 is 44.1. The SMILES string of the molecule is CS(=O)(=O)Nc1cc([C@@H](O)CNCCOc2ccc(-c3ccc(OCc4ccccc4)cc3)cc2)ccc1OCc1ccccc1. The highest BCUT2D eigenvalue weighted by atomic mass is 32.2. The van der Waals surface area contributed by atoms with E-state index in [2.05, 4.69) is 10.0 Å². The summed E-state index contributed by atoms with van der Waals surface area (Å²) in [6, 6.07) is 40.6. The van der Waals surface area contributed by atoms with Crippen molar-refractivity contribution in [1.82, 2.24) is 5.32 Å². The second-order valence-corrected chi connectivity index (χ2v) is 12.5. The van der Waals surface area contributed by atoms with E-state index >= 15 is 0 Å². The Morgan fingerprint density at radius 2 is 1.22 bits per heavy atom. The van der Waals surface area contributed by atoms with E-state index in [9.17, 15) is 13.5 Å². The van der Waals surface area contributed by atoms with Crippen LogP contribution < -0.4 is 24.2 Å². The van der Waals surface area contributed by atoms with Gasteiger partial charge in [0.25, 0.3) is 0 Å². The van der Waals surface area contributed by atoms with Gasteiger partial charge >= 0.3 is 0 Å². The molecule has 5 rings (SSSR count). The molecule has 0 saturated carbocycles. The molecule has 9 heteroatoms. The first-order chi connectivity index (χ1) is 22.3. The fourth-order valence-electron chi connectivity index (χ4n) is 4.72. The summed E-state index contributed by atoms with van der Waals surface area (Å²) in [6.07, 6.45) is 0.213. The van der Waals surface area contributed by atoms with E-state index in [1.54, 1.807) is 18.2 Å². The molecule has 1 atom stereocenters. The minimum absolute atomic E-state index is 0.260. The minimum Gasteiger partial charge on any atom is -0.492 e. The van der Waals surface area contributed by atoms with Gasteiger partial charge in [-0.05, 0) is 64.2 Å². The first-order valence-electron chi connectivity index (χ1n) is 15.0. The van der Waals surface area contributed by atoms with Crippen molar-refractivity contribution in [1.29, 1.82) is 0 Å². The summed E-state index contributed by atoms with van der Waals surface area (Å²) in [4.78, 5) is 0. The van der Waals surface area contributed by atoms with E-state index in [1.165, 1.54) is 0 Å². The van der Waals surface area contributed by atoms with Crippen LogP contribution in [0.15, 0.2) is 127 Å². The van der Waals surface area contributed by atoms with Crippen LogP contribution in [0.3, 0.4) is 0 Å². The van der Waals surface area contributed by atoms with Crippen LogP contribution in [0.1, 0.15) is 22.8 Å². The van der Waals surface area contributed by atoms with Gasteiger partial charge in [0.2, 0.25) is 10.0 Å². The molecule has 5 aromatic rings. The number of rotatable bonds is 16. The average molecular weight is 639 g/mol. The Morgan fingerprint density at radius 1 is 0.674 bits per heavy atom. The number of aliphatic hydroxyl groups is 1. The van der Waals surface area contributed by atoms with E-state index < -0.39 is 16.1 Å². The topological polar surface area (TPSA) is 106 Å². The predicted molar refractivity (Wildman–Crippen MR) is 182 cm³/mol. The molecule has 46 heavy (non-hydrogen) atoms. The van der Waals surface area contributed by atoms with E-state index in [-0.39, 0.29) is 18.8 Å². The monoisotopic (exact) mass is 638 g/mol. The highest BCUT2D eigenvalue weighted by Gasteiger charge is 2.14. The molecule has 3 N–H and O–H groups in total. The summed E-state index contributed by atoms with van der Waals surface area (Å²) in [5.41, 5.74) is 5.06. The van der Waals surface area contributed by atoms with Gasteiger partial charge in [-0.25, -0.2) is 8.42 Å². The zero-order valence-electron chi connectivity index (χ0n) is 25.6. The molecule has 0 unspecified atom stereocenters. The molecule has 0 aliphatic rings. The van der Waals surface area contributed by atoms with Crippen LogP contribution in [0, 0.1) is 0 Å². The smallest absolute Gasteiger partial charge is 0.229 e. The zero-order chi connectivity index (χ0) is 32.2. The highest BCUT2D eigenvalue weighted by molar-refractivity contribution is 7.92. The molecule has 0 bridgehead atoms. The van der Waals surface area contributed by atoms with Crippen molar-refractivity contribution in [2.24, 2.45) is 0 Å². The summed E-state index contributed by atoms with van der Waals surface area (Å²) in [5.74, 6) is 1.94. The molecule has 0 fully saturated rings. The van der Waals surface area contributed by atoms with Gasteiger partial charge < -0.3 is 24.6 Å². The molecule has 238 valence electrons. The Bertz CT molecular complexity index is 1770. The number of hydrogen-bond donors (Lipinski definition) is 3. The maximum atomic E-state index is 12.0. The van der Waals surface area contributed by atoms with Crippen molar-refractivity contribution in [2.75, 3.05) is 30.7 Å². The molecule has 8 nitrogen and oxygen atoms in total. The van der Waals surface area contributed by atoms with E-state index in [1.807, 2.05) is 109 Å². The average Bonchev–Trinajstić information content (AvgIpc) is 3.07. The van der Waals surface area contributed by atoms with Gasteiger partial charge in [0, 0.05) is 13.1 Å². The van der Waals surface area contributed by atoms with Gasteiger partial charge in [-0.15, -0.1) is 0 Å². The van der Waals surface area contributed by atoms with Gasteiger partial charge in [0.05, 0.1) is 18.0 Å². The van der Waals surface area contributed by atoms with Crippen LogP contribution in [0.5, 0.6) is 17.2 Å². The lowest BCUT2D eigenvalue weighted by Crippen LogP contribution is -2.26. The lowest BCUT2D eigenvalue weighted by Gasteiger charge is -2.17. The van der Waals surface area contributed by atoms with Crippen molar-refractivity contribution >= 4 is 15.7 Å². The Morgan fingerprint density at radius 3 is 1.78 bits per heavy atom. The summed E-state index contributed by atoms with van der Waals surface area (Å²) in [6.45, 7) is 1.99. The second kappa shape index (κ2) is 15.9. The Hall–Kier alpha value is -4.83. The maximum Gasteiger partial charge on any atom is 0.229 e. The molecular weight excluding hydrogens is 600 g/mol. The van der Waals surface area contributed by atoms with Crippen LogP contribution in [-0.2, 0) is 23.2 Å². The van der Waals surface area contributed by atoms with E-state index in [4.69, 9.17) is 14.2 Å². The largest absolute Gasteiger partial charge is 0.492 e. The van der Waals surface area contributed by atoms with Crippen molar-refractivity contribution in [2.45, 2.75) is 19.3 Å². The number of sulfonamides is 1. The van der Waals surface area contributed by atoms with Crippen LogP contribution in [0.4, 0.5) is 5.69 Å². The minimum atomic E-state index is -3.56. The second-order valence-electron chi connectivity index (χ2n) is 10.8. The highest BCUT2D eigenvalue weighted by Crippen LogP contribution is 2.30. The summed E-state index contributed by atoms with van der Waals surface area (Å²) in [5, 5.41) is 14.0. The number of nitrogens with one attached hydrogen (secondary N) is 2. The lowest BCUT2D eigenvalue weighted by molar-refractivity contribution is 0.172. The molecule has 0 heterocycles. The fourth-order valence-corrected chi connectivity index (χ4v) is 5.28. The Balaban J connectivity index is 1.06. The number of ether oxygens (including phenoxy) is 3. The molecule has 0 aliphatic heterocycles. The maximum absolute atomic E-state index is 12.0. The number of hydrogen-bond acceptors (Lipinski definition) is 7. The van der Waals surface area contributed by atoms with Crippen molar-refractivity contribution in [3.63, 3.8) is 0 Å². The van der Waals surface area contributed by atoms with Crippen molar-refractivity contribution in [3.05, 3.63) is 144 Å². The van der Waals surface area contributed by atoms with Gasteiger partial charge in [-0.2, -0.15) is 0 Å². The van der Waals surface area contributed by atoms with E-state index in [0.717, 1.165) is 40.0 Å². The van der Waals surface area contributed by atoms with Crippen molar-refractivity contribution in [3.8, 4) is 28.4 Å².